The molecule has 0 aromatic rings. The fourth-order valence-corrected chi connectivity index (χ4v) is 2.84. The van der Waals surface area contributed by atoms with E-state index in [1.807, 2.05) is 13.8 Å². The molecule has 2 unspecified atom stereocenters. The molecule has 7 heteroatoms. The summed E-state index contributed by atoms with van der Waals surface area (Å²) in [5.41, 5.74) is 0. The number of ether oxygens (including phenoxy) is 1. The highest BCUT2D eigenvalue weighted by Crippen LogP contribution is 2.13. The Morgan fingerprint density at radius 1 is 1.10 bits per heavy atom. The number of hydrogen-bond donors (Lipinski definition) is 2. The van der Waals surface area contributed by atoms with Crippen molar-refractivity contribution in [1.29, 1.82) is 0 Å². The number of morpholine rings is 1. The third-order valence-electron chi connectivity index (χ3n) is 3.85. The van der Waals surface area contributed by atoms with Gasteiger partial charge in [-0.1, -0.05) is 0 Å². The number of hydrogen-bond acceptors (Lipinski definition) is 5. The first-order chi connectivity index (χ1) is 9.97. The normalized spacial score (nSPS) is 27.2. The molecule has 0 bridgehead atoms. The number of nitrogens with zero attached hydrogens (tertiary/aromatic N) is 1. The summed E-state index contributed by atoms with van der Waals surface area (Å²) in [6.45, 7) is 5.98. The first-order valence-corrected chi connectivity index (χ1v) is 7.47. The van der Waals surface area contributed by atoms with E-state index in [0.29, 0.717) is 25.9 Å². The summed E-state index contributed by atoms with van der Waals surface area (Å²) in [6, 6.07) is 0. The zero-order valence-corrected chi connectivity index (χ0v) is 12.6. The average molecular weight is 297 g/mol. The van der Waals surface area contributed by atoms with Crippen LogP contribution in [0.4, 0.5) is 0 Å². The van der Waals surface area contributed by atoms with Crippen molar-refractivity contribution >= 4 is 17.7 Å². The first kappa shape index (κ1) is 15.9. The summed E-state index contributed by atoms with van der Waals surface area (Å²) in [4.78, 5) is 37.4. The van der Waals surface area contributed by atoms with Crippen LogP contribution in [0.25, 0.3) is 0 Å². The van der Waals surface area contributed by atoms with E-state index in [-0.39, 0.29) is 24.0 Å². The highest BCUT2D eigenvalue weighted by molar-refractivity contribution is 6.37. The molecule has 2 aliphatic heterocycles. The fraction of sp³-hybridized carbons (Fsp3) is 0.786. The molecule has 118 valence electrons. The van der Waals surface area contributed by atoms with Gasteiger partial charge in [-0.2, -0.15) is 0 Å². The summed E-state index contributed by atoms with van der Waals surface area (Å²) >= 11 is 0. The number of nitrogens with one attached hydrogen (secondary N) is 2. The molecule has 0 radical (unpaired) electrons. The van der Waals surface area contributed by atoms with Crippen LogP contribution in [0.2, 0.25) is 0 Å². The Kier molecular flexibility index (Phi) is 5.30. The molecule has 21 heavy (non-hydrogen) atoms. The second kappa shape index (κ2) is 7.00. The van der Waals surface area contributed by atoms with Crippen LogP contribution >= 0.6 is 0 Å². The maximum absolute atomic E-state index is 12.1. The maximum atomic E-state index is 12.1. The molecule has 0 aliphatic carbocycles. The quantitative estimate of drug-likeness (QED) is 0.623. The Hall–Kier alpha value is -1.47. The molecule has 2 heterocycles. The van der Waals surface area contributed by atoms with Crippen molar-refractivity contribution in [2.75, 3.05) is 26.2 Å². The van der Waals surface area contributed by atoms with Gasteiger partial charge in [0.25, 0.3) is 0 Å². The lowest BCUT2D eigenvalue weighted by Crippen LogP contribution is -2.54. The van der Waals surface area contributed by atoms with Crippen LogP contribution in [0.15, 0.2) is 0 Å². The van der Waals surface area contributed by atoms with Crippen molar-refractivity contribution in [2.24, 2.45) is 5.92 Å². The topological polar surface area (TPSA) is 87.7 Å². The minimum Gasteiger partial charge on any atom is -0.372 e. The van der Waals surface area contributed by atoms with Gasteiger partial charge in [-0.25, -0.2) is 0 Å². The highest BCUT2D eigenvalue weighted by Gasteiger charge is 2.31. The van der Waals surface area contributed by atoms with Crippen LogP contribution in [-0.2, 0) is 19.1 Å². The number of rotatable bonds is 1. The summed E-state index contributed by atoms with van der Waals surface area (Å²) in [7, 11) is 0. The van der Waals surface area contributed by atoms with Gasteiger partial charge in [0.15, 0.2) is 0 Å². The smallest absolute Gasteiger partial charge is 0.316 e. The van der Waals surface area contributed by atoms with E-state index in [2.05, 4.69) is 10.6 Å². The summed E-state index contributed by atoms with van der Waals surface area (Å²) in [5.74, 6) is -2.02. The molecule has 2 fully saturated rings. The largest absolute Gasteiger partial charge is 0.372 e. The summed E-state index contributed by atoms with van der Waals surface area (Å²) in [5, 5.41) is 5.39. The molecule has 2 saturated heterocycles. The number of carbonyl (C=O) groups is 3. The molecule has 7 nitrogen and oxygen atoms in total. The summed E-state index contributed by atoms with van der Waals surface area (Å²) in [6.07, 6.45) is 1.17. The SMILES string of the molecule is CC1CN(C(=O)C(=O)NC(=O)C2CCNCC2)CC(C)O1. The molecule has 2 atom stereocenters. The lowest BCUT2D eigenvalue weighted by Gasteiger charge is -2.34. The molecule has 2 aliphatic rings. The van der Waals surface area contributed by atoms with Gasteiger partial charge in [0, 0.05) is 19.0 Å². The van der Waals surface area contributed by atoms with Crippen LogP contribution in [0.3, 0.4) is 0 Å². The van der Waals surface area contributed by atoms with Crippen molar-refractivity contribution in [1.82, 2.24) is 15.5 Å². The van der Waals surface area contributed by atoms with Gasteiger partial charge in [0.2, 0.25) is 5.91 Å². The Morgan fingerprint density at radius 3 is 2.24 bits per heavy atom. The van der Waals surface area contributed by atoms with Crippen LogP contribution in [0.5, 0.6) is 0 Å². The number of imide groups is 1. The van der Waals surface area contributed by atoms with E-state index in [9.17, 15) is 14.4 Å². The third kappa shape index (κ3) is 4.25. The Bertz CT molecular complexity index is 410. The highest BCUT2D eigenvalue weighted by atomic mass is 16.5. The van der Waals surface area contributed by atoms with Gasteiger partial charge in [-0.15, -0.1) is 0 Å². The lowest BCUT2D eigenvalue weighted by atomic mass is 9.97. The first-order valence-electron chi connectivity index (χ1n) is 7.47. The van der Waals surface area contributed by atoms with E-state index >= 15 is 0 Å². The fourth-order valence-electron chi connectivity index (χ4n) is 2.84. The monoisotopic (exact) mass is 297 g/mol. The van der Waals surface area contributed by atoms with E-state index in [0.717, 1.165) is 13.1 Å². The second-order valence-corrected chi connectivity index (χ2v) is 5.81. The zero-order valence-electron chi connectivity index (χ0n) is 12.6. The molecule has 0 spiro atoms. The standard InChI is InChI=1S/C14H23N3O4/c1-9-7-17(8-10(2)21-9)14(20)13(19)16-12(18)11-3-5-15-6-4-11/h9-11,15H,3-8H2,1-2H3,(H,16,18,19). The van der Waals surface area contributed by atoms with Crippen molar-refractivity contribution in [3.05, 3.63) is 0 Å². The third-order valence-corrected chi connectivity index (χ3v) is 3.85. The van der Waals surface area contributed by atoms with E-state index < -0.39 is 11.8 Å². The van der Waals surface area contributed by atoms with E-state index in [1.54, 1.807) is 0 Å². The lowest BCUT2D eigenvalue weighted by molar-refractivity contribution is -0.155. The number of piperidine rings is 1. The van der Waals surface area contributed by atoms with Gasteiger partial charge < -0.3 is 15.0 Å². The van der Waals surface area contributed by atoms with Crippen LogP contribution < -0.4 is 10.6 Å². The van der Waals surface area contributed by atoms with Crippen LogP contribution in [-0.4, -0.2) is 61.0 Å². The number of carbonyl (C=O) groups excluding carboxylic acids is 3. The predicted octanol–water partition coefficient (Wildman–Crippen LogP) is -0.735. The van der Waals surface area contributed by atoms with Gasteiger partial charge in [-0.3, -0.25) is 19.7 Å². The molecule has 0 aromatic heterocycles. The Morgan fingerprint density at radius 2 is 1.67 bits per heavy atom. The maximum Gasteiger partial charge on any atom is 0.316 e. The van der Waals surface area contributed by atoms with Gasteiger partial charge in [0.05, 0.1) is 12.2 Å². The van der Waals surface area contributed by atoms with Crippen molar-refractivity contribution in [3.63, 3.8) is 0 Å². The molecular weight excluding hydrogens is 274 g/mol. The van der Waals surface area contributed by atoms with Gasteiger partial charge in [-0.05, 0) is 39.8 Å². The molecule has 2 rings (SSSR count). The molecule has 3 amide bonds. The van der Waals surface area contributed by atoms with Crippen molar-refractivity contribution in [2.45, 2.75) is 38.9 Å². The van der Waals surface area contributed by atoms with Crippen molar-refractivity contribution in [3.8, 4) is 0 Å². The number of amides is 3. The molecule has 0 aromatic carbocycles. The summed E-state index contributed by atoms with van der Waals surface area (Å²) < 4.78 is 5.52. The Labute approximate surface area is 124 Å². The van der Waals surface area contributed by atoms with Gasteiger partial charge in [0.1, 0.15) is 0 Å². The minimum atomic E-state index is -0.833. The molecular formula is C14H23N3O4. The minimum absolute atomic E-state index is 0.106. The Balaban J connectivity index is 1.87. The average Bonchev–Trinajstić information content (AvgIpc) is 2.46. The van der Waals surface area contributed by atoms with Crippen LogP contribution in [0.1, 0.15) is 26.7 Å². The van der Waals surface area contributed by atoms with E-state index in [1.165, 1.54) is 4.90 Å². The van der Waals surface area contributed by atoms with E-state index in [4.69, 9.17) is 4.74 Å². The van der Waals surface area contributed by atoms with Gasteiger partial charge >= 0.3 is 11.8 Å². The second-order valence-electron chi connectivity index (χ2n) is 5.81. The predicted molar refractivity (Wildman–Crippen MR) is 75.3 cm³/mol. The zero-order chi connectivity index (χ0) is 15.4. The van der Waals surface area contributed by atoms with Crippen LogP contribution in [0, 0.1) is 5.92 Å². The van der Waals surface area contributed by atoms with Crippen molar-refractivity contribution < 1.29 is 19.1 Å². The molecule has 2 N–H and O–H groups in total. The molecule has 0 saturated carbocycles.